The first-order chi connectivity index (χ1) is 24.6. The molecule has 10 heterocycles. The van der Waals surface area contributed by atoms with Crippen molar-refractivity contribution in [2.75, 3.05) is 13.7 Å². The van der Waals surface area contributed by atoms with Crippen LogP contribution in [0.15, 0.2) is 24.3 Å². The molecule has 0 amide bonds. The Morgan fingerprint density at radius 2 is 1.55 bits per heavy atom. The third-order valence-corrected chi connectivity index (χ3v) is 13.8. The van der Waals surface area contributed by atoms with Crippen LogP contribution in [0.5, 0.6) is 0 Å². The third-order valence-electron chi connectivity index (χ3n) is 13.8. The van der Waals surface area contributed by atoms with Crippen molar-refractivity contribution in [1.29, 1.82) is 0 Å². The second kappa shape index (κ2) is 13.8. The van der Waals surface area contributed by atoms with Crippen LogP contribution in [0, 0.1) is 11.8 Å². The van der Waals surface area contributed by atoms with E-state index >= 15 is 0 Å². The summed E-state index contributed by atoms with van der Waals surface area (Å²) in [5.74, 6) is -0.734. The van der Waals surface area contributed by atoms with Crippen molar-refractivity contribution < 1.29 is 52.5 Å². The Kier molecular flexibility index (Phi) is 9.57. The van der Waals surface area contributed by atoms with E-state index in [9.17, 15) is 9.90 Å². The fourth-order valence-corrected chi connectivity index (χ4v) is 11.1. The van der Waals surface area contributed by atoms with Crippen molar-refractivity contribution in [3.05, 3.63) is 24.3 Å². The summed E-state index contributed by atoms with van der Waals surface area (Å²) < 4.78 is 59.7. The van der Waals surface area contributed by atoms with Crippen LogP contribution in [0.4, 0.5) is 0 Å². The molecule has 3 N–H and O–H groups in total. The van der Waals surface area contributed by atoms with Gasteiger partial charge in [0.25, 0.3) is 0 Å². The maximum absolute atomic E-state index is 14.0. The number of hydrogen-bond donors (Lipinski definition) is 2. The number of aliphatic hydroxyl groups excluding tert-OH is 1. The molecule has 284 valence electrons. The minimum atomic E-state index is -0.922. The maximum atomic E-state index is 14.0. The van der Waals surface area contributed by atoms with Gasteiger partial charge in [0.15, 0.2) is 5.79 Å². The van der Waals surface area contributed by atoms with Crippen molar-refractivity contribution in [2.24, 2.45) is 17.6 Å². The molecule has 10 aliphatic rings. The van der Waals surface area contributed by atoms with Crippen LogP contribution < -0.4 is 5.73 Å². The van der Waals surface area contributed by atoms with Gasteiger partial charge in [-0.05, 0) is 62.0 Å². The zero-order valence-corrected chi connectivity index (χ0v) is 30.1. The summed E-state index contributed by atoms with van der Waals surface area (Å²) in [6, 6.07) is 0. The van der Waals surface area contributed by atoms with E-state index in [1.54, 1.807) is 7.11 Å². The van der Waals surface area contributed by atoms with Crippen LogP contribution in [-0.2, 0) is 47.4 Å². The van der Waals surface area contributed by atoms with Gasteiger partial charge in [-0.1, -0.05) is 20.1 Å². The van der Waals surface area contributed by atoms with Crippen molar-refractivity contribution in [3.63, 3.8) is 0 Å². The highest BCUT2D eigenvalue weighted by molar-refractivity contribution is 5.79. The fraction of sp³-hybridized carbons (Fsp3) is 0.872. The number of rotatable bonds is 3. The molecule has 6 unspecified atom stereocenters. The molecule has 1 spiro atoms. The standard InChI is InChI=1S/C39H57NO11/c1-18-11-22-5-7-27-19(2)12-24(44-27)9-10-39-16-31-35(50-39)36-37(49-31)38(51-39)34-28(47-36)8-6-23(46-34)13-21(41)14-25-30(15-29(45-22)20(18)3)48-33(26(42)17-40)32(25)43-4/h18,22-38,42H,2-3,5-17,40H2,1,4H3/t18-,22?,23-,24+,25+,26+,27?,28+,29?,30?,31-,32?,33?,34+,35+,36+,37-,38+,39+/m1/s1. The highest BCUT2D eigenvalue weighted by Crippen LogP contribution is 2.54. The number of fused-ring (bicyclic) bond motifs is 6. The van der Waals surface area contributed by atoms with Gasteiger partial charge >= 0.3 is 0 Å². The SMILES string of the molecule is C=C1C[C@@H]2CC[C@@]34C[C@H]5O[C@H]6[C@@H](O3)[C@H]3O[C@H](CC[C@@H]3O[C@H]6[C@H]5O4)CC(=O)C[C@H]3C(CC4OC(CCC1O2)C[C@@H](C)C4=C)OC([C@@H](O)CN)C3OC. The molecule has 0 aromatic heterocycles. The number of ketones is 1. The summed E-state index contributed by atoms with van der Waals surface area (Å²) >= 11 is 0. The fourth-order valence-electron chi connectivity index (χ4n) is 11.1. The second-order valence-electron chi connectivity index (χ2n) is 17.0. The Labute approximate surface area is 300 Å². The topological polar surface area (TPSA) is 146 Å². The predicted molar refractivity (Wildman–Crippen MR) is 182 cm³/mol. The zero-order chi connectivity index (χ0) is 35.2. The molecule has 0 aliphatic carbocycles. The molecule has 12 heteroatoms. The summed E-state index contributed by atoms with van der Waals surface area (Å²) in [6.07, 6.45) is 3.61. The molecule has 0 aromatic rings. The van der Waals surface area contributed by atoms with Crippen molar-refractivity contribution >= 4 is 5.78 Å². The van der Waals surface area contributed by atoms with Gasteiger partial charge in [-0.15, -0.1) is 0 Å². The van der Waals surface area contributed by atoms with Gasteiger partial charge in [0.2, 0.25) is 0 Å². The average molecular weight is 716 g/mol. The van der Waals surface area contributed by atoms with E-state index in [1.807, 2.05) is 0 Å². The molecule has 10 saturated heterocycles. The summed E-state index contributed by atoms with van der Waals surface area (Å²) in [4.78, 5) is 14.0. The lowest BCUT2D eigenvalue weighted by molar-refractivity contribution is -0.292. The van der Waals surface area contributed by atoms with E-state index in [4.69, 9.17) is 48.4 Å². The Hall–Kier alpha value is -1.29. The van der Waals surface area contributed by atoms with E-state index in [-0.39, 0.29) is 116 Å². The summed E-state index contributed by atoms with van der Waals surface area (Å²) in [5.41, 5.74) is 8.09. The number of carbonyl (C=O) groups excluding carboxylic acids is 1. The van der Waals surface area contributed by atoms with Crippen molar-refractivity contribution in [2.45, 2.75) is 187 Å². The molecule has 0 aromatic carbocycles. The lowest BCUT2D eigenvalue weighted by Gasteiger charge is -2.47. The zero-order valence-electron chi connectivity index (χ0n) is 30.1. The highest BCUT2D eigenvalue weighted by atomic mass is 16.8. The van der Waals surface area contributed by atoms with E-state index in [2.05, 4.69) is 20.1 Å². The Balaban J connectivity index is 1.000. The number of ether oxygens (including phenoxy) is 9. The monoisotopic (exact) mass is 715 g/mol. The first-order valence-corrected chi connectivity index (χ1v) is 19.7. The van der Waals surface area contributed by atoms with Crippen LogP contribution in [0.3, 0.4) is 0 Å². The third kappa shape index (κ3) is 6.32. The molecule has 12 bridgehead atoms. The smallest absolute Gasteiger partial charge is 0.172 e. The van der Waals surface area contributed by atoms with E-state index in [0.717, 1.165) is 49.7 Å². The minimum absolute atomic E-state index is 0.0215. The Morgan fingerprint density at radius 1 is 0.804 bits per heavy atom. The lowest BCUT2D eigenvalue weighted by atomic mass is 9.81. The highest BCUT2D eigenvalue weighted by Gasteiger charge is 2.68. The molecule has 0 radical (unpaired) electrons. The van der Waals surface area contributed by atoms with Crippen LogP contribution in [-0.4, -0.2) is 128 Å². The molecular weight excluding hydrogens is 658 g/mol. The number of hydrogen-bond acceptors (Lipinski definition) is 12. The first kappa shape index (κ1) is 35.4. The van der Waals surface area contributed by atoms with Crippen LogP contribution >= 0.6 is 0 Å². The van der Waals surface area contributed by atoms with Gasteiger partial charge in [-0.2, -0.15) is 0 Å². The van der Waals surface area contributed by atoms with E-state index in [1.165, 1.54) is 0 Å². The van der Waals surface area contributed by atoms with Crippen LogP contribution in [0.2, 0.25) is 0 Å². The molecule has 51 heavy (non-hydrogen) atoms. The normalized spacial score (nSPS) is 53.2. The van der Waals surface area contributed by atoms with E-state index < -0.39 is 24.1 Å². The van der Waals surface area contributed by atoms with Gasteiger partial charge in [-0.3, -0.25) is 4.79 Å². The predicted octanol–water partition coefficient (Wildman–Crippen LogP) is 3.05. The number of Topliss-reactive ketones (excluding diaryl/α,β-unsaturated/α-hetero) is 1. The van der Waals surface area contributed by atoms with Gasteiger partial charge in [0.1, 0.15) is 42.4 Å². The number of nitrogens with two attached hydrogens (primary N) is 1. The van der Waals surface area contributed by atoms with Crippen LogP contribution in [0.25, 0.3) is 0 Å². The Morgan fingerprint density at radius 3 is 2.37 bits per heavy atom. The number of carbonyl (C=O) groups is 1. The summed E-state index contributed by atoms with van der Waals surface area (Å²) in [7, 11) is 1.61. The quantitative estimate of drug-likeness (QED) is 0.415. The first-order valence-electron chi connectivity index (χ1n) is 19.7. The minimum Gasteiger partial charge on any atom is -0.389 e. The second-order valence-corrected chi connectivity index (χ2v) is 17.0. The molecule has 12 nitrogen and oxygen atoms in total. The van der Waals surface area contributed by atoms with Crippen molar-refractivity contribution in [1.82, 2.24) is 0 Å². The summed E-state index contributed by atoms with van der Waals surface area (Å²) in [5, 5.41) is 10.9. The van der Waals surface area contributed by atoms with Gasteiger partial charge < -0.3 is 53.5 Å². The van der Waals surface area contributed by atoms with Gasteiger partial charge in [-0.25, -0.2) is 0 Å². The van der Waals surface area contributed by atoms with Gasteiger partial charge in [0, 0.05) is 51.7 Å². The molecule has 10 rings (SSSR count). The number of aliphatic hydroxyl groups is 1. The van der Waals surface area contributed by atoms with E-state index in [0.29, 0.717) is 25.7 Å². The summed E-state index contributed by atoms with van der Waals surface area (Å²) in [6.45, 7) is 11.1. The van der Waals surface area contributed by atoms with Crippen LogP contribution in [0.1, 0.15) is 84.0 Å². The molecule has 10 fully saturated rings. The lowest BCUT2D eigenvalue weighted by Crippen LogP contribution is -2.61. The molecule has 10 aliphatic heterocycles. The molecule has 0 saturated carbocycles. The largest absolute Gasteiger partial charge is 0.389 e. The van der Waals surface area contributed by atoms with Gasteiger partial charge in [0.05, 0.1) is 61.0 Å². The number of methoxy groups -OCH3 is 1. The average Bonchev–Trinajstić information content (AvgIpc) is 3.79. The van der Waals surface area contributed by atoms with Crippen molar-refractivity contribution in [3.8, 4) is 0 Å². The molecular formula is C39H57NO11. The Bertz CT molecular complexity index is 1360. The maximum Gasteiger partial charge on any atom is 0.172 e. The molecule has 19 atom stereocenters.